The third-order valence-electron chi connectivity index (χ3n) is 4.78. The van der Waals surface area contributed by atoms with Gasteiger partial charge in [0.1, 0.15) is 0 Å². The number of benzene rings is 2. The van der Waals surface area contributed by atoms with Gasteiger partial charge in [-0.05, 0) is 36.1 Å². The first-order valence-electron chi connectivity index (χ1n) is 9.47. The number of nitrogens with one attached hydrogen (secondary N) is 2. The highest BCUT2D eigenvalue weighted by molar-refractivity contribution is 5.84. The monoisotopic (exact) mass is 392 g/mol. The van der Waals surface area contributed by atoms with Crippen molar-refractivity contribution in [3.8, 4) is 0 Å². The number of carbonyl (C=O) groups is 2. The van der Waals surface area contributed by atoms with Crippen molar-refractivity contribution >= 4 is 33.7 Å². The van der Waals surface area contributed by atoms with Gasteiger partial charge in [-0.15, -0.1) is 0 Å². The summed E-state index contributed by atoms with van der Waals surface area (Å²) in [7, 11) is 1.41. The van der Waals surface area contributed by atoms with Gasteiger partial charge in [-0.25, -0.2) is 0 Å². The molecule has 0 atom stereocenters. The van der Waals surface area contributed by atoms with Crippen LogP contribution in [0.15, 0.2) is 60.9 Å². The Morgan fingerprint density at radius 1 is 0.828 bits per heavy atom. The Labute approximate surface area is 168 Å². The third kappa shape index (κ3) is 5.25. The van der Waals surface area contributed by atoms with E-state index in [0.717, 1.165) is 34.0 Å². The van der Waals surface area contributed by atoms with Crippen molar-refractivity contribution in [2.24, 2.45) is 0 Å². The maximum Gasteiger partial charge on any atom is 0.305 e. The standard InChI is InChI=1S/C12H13NO2.C11H11NO2/c1-15-12(14)7-6-9-8-13-11-5-3-2-4-10(9)11;13-11(14)6-5-8-7-12-10-4-2-1-3-9(8)10/h2-5,8,13H,6-7H2,1H3;1-4,7,12H,5-6H2,(H,13,14). The van der Waals surface area contributed by atoms with E-state index in [1.165, 1.54) is 12.5 Å². The molecule has 0 radical (unpaired) electrons. The normalized spacial score (nSPS) is 10.5. The molecule has 29 heavy (non-hydrogen) atoms. The minimum atomic E-state index is -0.754. The van der Waals surface area contributed by atoms with Gasteiger partial charge in [0.05, 0.1) is 7.11 Å². The predicted octanol–water partition coefficient (Wildman–Crippen LogP) is 4.46. The van der Waals surface area contributed by atoms with E-state index in [9.17, 15) is 9.59 Å². The van der Waals surface area contributed by atoms with Gasteiger partial charge in [-0.2, -0.15) is 0 Å². The van der Waals surface area contributed by atoms with Crippen LogP contribution in [0.25, 0.3) is 21.8 Å². The van der Waals surface area contributed by atoms with Crippen LogP contribution in [0.5, 0.6) is 0 Å². The van der Waals surface area contributed by atoms with Crippen LogP contribution in [-0.4, -0.2) is 34.1 Å². The zero-order chi connectivity index (χ0) is 20.6. The first-order chi connectivity index (χ1) is 14.1. The van der Waals surface area contributed by atoms with Crippen LogP contribution in [0.1, 0.15) is 24.0 Å². The average molecular weight is 392 g/mol. The smallest absolute Gasteiger partial charge is 0.305 e. The molecule has 0 bridgehead atoms. The number of rotatable bonds is 6. The molecule has 2 heterocycles. The van der Waals surface area contributed by atoms with Gasteiger partial charge >= 0.3 is 11.9 Å². The van der Waals surface area contributed by atoms with E-state index in [4.69, 9.17) is 5.11 Å². The molecule has 4 rings (SSSR count). The van der Waals surface area contributed by atoms with E-state index in [2.05, 4.69) is 20.8 Å². The molecule has 6 nitrogen and oxygen atoms in total. The summed E-state index contributed by atoms with van der Waals surface area (Å²) in [5.74, 6) is -0.921. The lowest BCUT2D eigenvalue weighted by atomic mass is 10.1. The molecule has 6 heteroatoms. The Bertz CT molecular complexity index is 1110. The molecule has 0 aliphatic carbocycles. The van der Waals surface area contributed by atoms with Gasteiger partial charge in [0.2, 0.25) is 0 Å². The van der Waals surface area contributed by atoms with E-state index < -0.39 is 5.97 Å². The van der Waals surface area contributed by atoms with Crippen LogP contribution in [0, 0.1) is 0 Å². The maximum absolute atomic E-state index is 11.0. The van der Waals surface area contributed by atoms with Gasteiger partial charge in [0, 0.05) is 47.0 Å². The zero-order valence-electron chi connectivity index (χ0n) is 16.3. The number of aromatic amines is 2. The quantitative estimate of drug-likeness (QED) is 0.422. The lowest BCUT2D eigenvalue weighted by Gasteiger charge is -1.98. The van der Waals surface area contributed by atoms with Gasteiger partial charge in [0.15, 0.2) is 0 Å². The first-order valence-corrected chi connectivity index (χ1v) is 9.47. The van der Waals surface area contributed by atoms with Crippen molar-refractivity contribution in [3.63, 3.8) is 0 Å². The molecule has 0 saturated carbocycles. The molecule has 150 valence electrons. The number of fused-ring (bicyclic) bond motifs is 2. The summed E-state index contributed by atoms with van der Waals surface area (Å²) in [6.07, 6.45) is 5.75. The lowest BCUT2D eigenvalue weighted by Crippen LogP contribution is -2.01. The van der Waals surface area contributed by atoms with Gasteiger partial charge in [-0.3, -0.25) is 9.59 Å². The number of H-pyrrole nitrogens is 2. The Hall–Kier alpha value is -3.54. The molecule has 0 fully saturated rings. The number of esters is 1. The SMILES string of the molecule is COC(=O)CCc1c[nH]c2ccccc12.O=C(O)CCc1c[nH]c2ccccc12. The number of ether oxygens (including phenoxy) is 1. The second-order valence-corrected chi connectivity index (χ2v) is 6.69. The number of aromatic nitrogens is 2. The number of hydrogen-bond donors (Lipinski definition) is 3. The van der Waals surface area contributed by atoms with Crippen molar-refractivity contribution in [1.29, 1.82) is 0 Å². The highest BCUT2D eigenvalue weighted by Crippen LogP contribution is 2.19. The van der Waals surface area contributed by atoms with Crippen molar-refractivity contribution in [2.45, 2.75) is 25.7 Å². The summed E-state index contributed by atoms with van der Waals surface area (Å²) in [6, 6.07) is 16.0. The zero-order valence-corrected chi connectivity index (χ0v) is 16.3. The minimum absolute atomic E-state index is 0.166. The molecule has 3 N–H and O–H groups in total. The number of carboxylic acids is 1. The summed E-state index contributed by atoms with van der Waals surface area (Å²) >= 11 is 0. The van der Waals surface area contributed by atoms with Crippen molar-refractivity contribution in [1.82, 2.24) is 9.97 Å². The summed E-state index contributed by atoms with van der Waals surface area (Å²) in [6.45, 7) is 0. The van der Waals surface area contributed by atoms with Crippen LogP contribution in [-0.2, 0) is 27.2 Å². The Kier molecular flexibility index (Phi) is 6.68. The average Bonchev–Trinajstić information content (AvgIpc) is 3.35. The van der Waals surface area contributed by atoms with Crippen molar-refractivity contribution in [3.05, 3.63) is 72.1 Å². The van der Waals surface area contributed by atoms with E-state index in [-0.39, 0.29) is 12.4 Å². The number of carbonyl (C=O) groups excluding carboxylic acids is 1. The topological polar surface area (TPSA) is 95.2 Å². The summed E-state index contributed by atoms with van der Waals surface area (Å²) in [5.41, 5.74) is 4.41. The number of methoxy groups -OCH3 is 1. The van der Waals surface area contributed by atoms with E-state index in [0.29, 0.717) is 12.8 Å². The molecule has 0 saturated heterocycles. The molecular weight excluding hydrogens is 368 g/mol. The van der Waals surface area contributed by atoms with Crippen molar-refractivity contribution < 1.29 is 19.4 Å². The Balaban J connectivity index is 0.000000166. The number of hydrogen-bond acceptors (Lipinski definition) is 3. The van der Waals surface area contributed by atoms with Gasteiger partial charge < -0.3 is 19.8 Å². The number of aryl methyl sites for hydroxylation is 2. The highest BCUT2D eigenvalue weighted by atomic mass is 16.5. The van der Waals surface area contributed by atoms with E-state index >= 15 is 0 Å². The van der Waals surface area contributed by atoms with E-state index in [1.54, 1.807) is 0 Å². The van der Waals surface area contributed by atoms with Gasteiger partial charge in [0.25, 0.3) is 0 Å². The van der Waals surface area contributed by atoms with Crippen LogP contribution >= 0.6 is 0 Å². The fraction of sp³-hybridized carbons (Fsp3) is 0.217. The van der Waals surface area contributed by atoms with Crippen LogP contribution in [0.2, 0.25) is 0 Å². The molecule has 0 unspecified atom stereocenters. The molecular formula is C23H24N2O4. The van der Waals surface area contributed by atoms with Crippen LogP contribution in [0.4, 0.5) is 0 Å². The fourth-order valence-electron chi connectivity index (χ4n) is 3.26. The molecule has 4 aromatic rings. The Morgan fingerprint density at radius 3 is 1.79 bits per heavy atom. The van der Waals surface area contributed by atoms with Crippen LogP contribution < -0.4 is 0 Å². The summed E-state index contributed by atoms with van der Waals surface area (Å²) < 4.78 is 4.61. The van der Waals surface area contributed by atoms with Crippen LogP contribution in [0.3, 0.4) is 0 Å². The molecule has 2 aromatic carbocycles. The minimum Gasteiger partial charge on any atom is -0.481 e. The first kappa shape index (κ1) is 20.2. The highest BCUT2D eigenvalue weighted by Gasteiger charge is 2.06. The summed E-state index contributed by atoms with van der Waals surface area (Å²) in [5, 5.41) is 10.9. The Morgan fingerprint density at radius 2 is 1.31 bits per heavy atom. The van der Waals surface area contributed by atoms with Crippen molar-refractivity contribution in [2.75, 3.05) is 7.11 Å². The molecule has 0 aliphatic rings. The lowest BCUT2D eigenvalue weighted by molar-refractivity contribution is -0.140. The second kappa shape index (κ2) is 9.59. The number of aliphatic carboxylic acids is 1. The maximum atomic E-state index is 11.0. The molecule has 0 spiro atoms. The number of para-hydroxylation sites is 2. The van der Waals surface area contributed by atoms with Gasteiger partial charge in [-0.1, -0.05) is 36.4 Å². The largest absolute Gasteiger partial charge is 0.481 e. The number of carboxylic acid groups (broad SMARTS) is 1. The van der Waals surface area contributed by atoms with E-state index in [1.807, 2.05) is 54.9 Å². The molecule has 0 amide bonds. The second-order valence-electron chi connectivity index (χ2n) is 6.69. The third-order valence-corrected chi connectivity index (χ3v) is 4.78. The predicted molar refractivity (Wildman–Crippen MR) is 113 cm³/mol. The molecule has 2 aromatic heterocycles. The molecule has 0 aliphatic heterocycles. The summed E-state index contributed by atoms with van der Waals surface area (Å²) in [4.78, 5) is 27.7. The fourth-order valence-corrected chi connectivity index (χ4v) is 3.26.